The maximum absolute atomic E-state index is 12.9. The third-order valence-corrected chi connectivity index (χ3v) is 8.85. The molecule has 1 aromatic heterocycles. The summed E-state index contributed by atoms with van der Waals surface area (Å²) in [4.78, 5) is 51.9. The Morgan fingerprint density at radius 2 is 2.31 bits per heavy atom. The molecule has 4 rings (SSSR count). The first-order chi connectivity index (χ1) is 17.2. The number of nitrogen functional groups attached to an aromatic ring is 1. The van der Waals surface area contributed by atoms with Crippen LogP contribution < -0.4 is 11.1 Å². The molecule has 2 unspecified atom stereocenters. The molecule has 0 bridgehead atoms. The van der Waals surface area contributed by atoms with E-state index in [0.717, 1.165) is 31.0 Å². The van der Waals surface area contributed by atoms with E-state index in [2.05, 4.69) is 30.8 Å². The summed E-state index contributed by atoms with van der Waals surface area (Å²) >= 11 is 3.74. The van der Waals surface area contributed by atoms with E-state index in [9.17, 15) is 19.5 Å². The molecule has 2 amide bonds. The zero-order valence-electron chi connectivity index (χ0n) is 19.7. The molecule has 12 nitrogen and oxygen atoms in total. The highest BCUT2D eigenvalue weighted by Crippen LogP contribution is 2.43. The number of carboxylic acids is 1. The molecule has 0 spiro atoms. The quantitative estimate of drug-likeness (QED) is 0.225. The smallest absolute Gasteiger partial charge is 0.316 e. The lowest BCUT2D eigenvalue weighted by Gasteiger charge is -2.53. The van der Waals surface area contributed by atoms with Gasteiger partial charge < -0.3 is 30.8 Å². The molecule has 15 heteroatoms. The van der Waals surface area contributed by atoms with Crippen LogP contribution in [-0.2, 0) is 19.2 Å². The van der Waals surface area contributed by atoms with Crippen LogP contribution in [0.25, 0.3) is 0 Å². The highest BCUT2D eigenvalue weighted by Gasteiger charge is 2.57. The van der Waals surface area contributed by atoms with Gasteiger partial charge in [0.05, 0.1) is 0 Å². The van der Waals surface area contributed by atoms with Crippen LogP contribution >= 0.6 is 35.1 Å². The second kappa shape index (κ2) is 11.2. The van der Waals surface area contributed by atoms with Crippen LogP contribution in [0, 0.1) is 5.41 Å². The van der Waals surface area contributed by atoms with E-state index in [1.165, 1.54) is 33.3 Å². The summed E-state index contributed by atoms with van der Waals surface area (Å²) in [5, 5.41) is 18.1. The Kier molecular flexibility index (Phi) is 8.22. The van der Waals surface area contributed by atoms with Gasteiger partial charge in [-0.05, 0) is 30.7 Å². The Morgan fingerprint density at radius 3 is 2.97 bits per heavy atom. The maximum Gasteiger partial charge on any atom is 0.316 e. The van der Waals surface area contributed by atoms with Crippen LogP contribution in [0.4, 0.5) is 5.13 Å². The van der Waals surface area contributed by atoms with Crippen LogP contribution in [-0.4, -0.2) is 98.2 Å². The number of carboxylic acid groups (broad SMARTS) is 1. The van der Waals surface area contributed by atoms with Crippen molar-refractivity contribution in [1.29, 1.82) is 0 Å². The standard InChI is InChI=1S/C21H27N7O5S3/c1-3-33-25-13(15-24-20(22)36-26-15)16(29)23-14-17(30)28-10-21(19(31)32,11-35-18(14)28)6-8-34-12-5-4-7-27(2)9-12/h5-6,8,14,18H,3-4,7,9-11H2,1-2H3,(H,23,29)(H,31,32)(H2,22,24,26)/t14?,18-,21?/m1/s1. The van der Waals surface area contributed by atoms with Gasteiger partial charge in [-0.3, -0.25) is 14.4 Å². The van der Waals surface area contributed by atoms with E-state index in [-0.39, 0.29) is 46.9 Å². The minimum absolute atomic E-state index is 0.00943. The van der Waals surface area contributed by atoms with E-state index >= 15 is 0 Å². The van der Waals surface area contributed by atoms with Crippen LogP contribution in [0.2, 0.25) is 0 Å². The first kappa shape index (κ1) is 26.4. The molecule has 36 heavy (non-hydrogen) atoms. The van der Waals surface area contributed by atoms with Gasteiger partial charge >= 0.3 is 5.97 Å². The number of β-lactam (4-membered cyclic amide) rings is 1. The van der Waals surface area contributed by atoms with Gasteiger partial charge in [0.1, 0.15) is 23.4 Å². The van der Waals surface area contributed by atoms with Gasteiger partial charge in [0, 0.05) is 36.9 Å². The summed E-state index contributed by atoms with van der Waals surface area (Å²) in [7, 11) is 2.05. The van der Waals surface area contributed by atoms with Crippen molar-refractivity contribution in [2.75, 3.05) is 44.8 Å². The molecule has 0 aromatic carbocycles. The fourth-order valence-electron chi connectivity index (χ4n) is 3.94. The number of aromatic nitrogens is 2. The van der Waals surface area contributed by atoms with Gasteiger partial charge in [0.2, 0.25) is 17.4 Å². The predicted octanol–water partition coefficient (Wildman–Crippen LogP) is 0.798. The second-order valence-corrected chi connectivity index (χ2v) is 11.4. The molecule has 3 aliphatic rings. The van der Waals surface area contributed by atoms with Crippen LogP contribution in [0.5, 0.6) is 0 Å². The highest BCUT2D eigenvalue weighted by molar-refractivity contribution is 8.05. The number of amides is 2. The summed E-state index contributed by atoms with van der Waals surface area (Å²) in [6, 6.07) is -0.821. The normalized spacial score (nSPS) is 26.8. The van der Waals surface area contributed by atoms with E-state index in [1.807, 2.05) is 12.5 Å². The predicted molar refractivity (Wildman–Crippen MR) is 139 cm³/mol. The third-order valence-electron chi connectivity index (χ3n) is 5.89. The first-order valence-corrected chi connectivity index (χ1v) is 13.9. The van der Waals surface area contributed by atoms with E-state index in [1.54, 1.807) is 13.0 Å². The molecule has 0 radical (unpaired) electrons. The minimum Gasteiger partial charge on any atom is -0.481 e. The van der Waals surface area contributed by atoms with Gasteiger partial charge in [-0.15, -0.1) is 23.5 Å². The van der Waals surface area contributed by atoms with Crippen LogP contribution in [0.15, 0.2) is 27.6 Å². The lowest BCUT2D eigenvalue weighted by molar-refractivity contribution is -0.156. The first-order valence-electron chi connectivity index (χ1n) is 11.2. The lowest BCUT2D eigenvalue weighted by atomic mass is 9.87. The monoisotopic (exact) mass is 553 g/mol. The molecule has 4 N–H and O–H groups in total. The Labute approximate surface area is 220 Å². The number of nitrogens with two attached hydrogens (primary N) is 1. The molecular weight excluding hydrogens is 526 g/mol. The van der Waals surface area contributed by atoms with Crippen molar-refractivity contribution in [2.45, 2.75) is 24.8 Å². The molecule has 3 aliphatic heterocycles. The van der Waals surface area contributed by atoms with Gasteiger partial charge in [0.15, 0.2) is 5.13 Å². The molecule has 194 valence electrons. The van der Waals surface area contributed by atoms with Crippen LogP contribution in [0.1, 0.15) is 19.2 Å². The Bertz CT molecular complexity index is 1120. The molecular formula is C21H27N7O5S3. The molecule has 2 fully saturated rings. The fraction of sp³-hybridized carbons (Fsp3) is 0.524. The number of carbonyl (C=O) groups excluding carboxylic acids is 2. The van der Waals surface area contributed by atoms with Crippen molar-refractivity contribution in [2.24, 2.45) is 10.6 Å². The summed E-state index contributed by atoms with van der Waals surface area (Å²) < 4.78 is 4.00. The van der Waals surface area contributed by atoms with Gasteiger partial charge in [0.25, 0.3) is 5.91 Å². The van der Waals surface area contributed by atoms with Gasteiger partial charge in [-0.2, -0.15) is 9.36 Å². The average molecular weight is 554 g/mol. The highest BCUT2D eigenvalue weighted by atomic mass is 32.2. The van der Waals surface area contributed by atoms with Crippen molar-refractivity contribution in [1.82, 2.24) is 24.5 Å². The third kappa shape index (κ3) is 5.53. The Morgan fingerprint density at radius 1 is 1.50 bits per heavy atom. The molecule has 4 heterocycles. The number of carbonyl (C=O) groups is 3. The van der Waals surface area contributed by atoms with Crippen molar-refractivity contribution in [3.05, 3.63) is 28.3 Å². The van der Waals surface area contributed by atoms with E-state index in [0.29, 0.717) is 0 Å². The molecule has 0 aliphatic carbocycles. The number of rotatable bonds is 9. The minimum atomic E-state index is -1.20. The summed E-state index contributed by atoms with van der Waals surface area (Å²) in [5.41, 5.74) is 4.23. The largest absolute Gasteiger partial charge is 0.481 e. The summed E-state index contributed by atoms with van der Waals surface area (Å²) in [5.74, 6) is -1.74. The van der Waals surface area contributed by atoms with Crippen LogP contribution in [0.3, 0.4) is 0 Å². The molecule has 0 saturated carbocycles. The number of hydrogen-bond acceptors (Lipinski definition) is 12. The number of fused-ring (bicyclic) bond motifs is 1. The van der Waals surface area contributed by atoms with E-state index < -0.39 is 23.3 Å². The lowest BCUT2D eigenvalue weighted by Crippen LogP contribution is -2.73. The summed E-state index contributed by atoms with van der Waals surface area (Å²) in [6.45, 7) is 3.80. The number of hydrogen-bond donors (Lipinski definition) is 3. The number of nitrogens with one attached hydrogen (secondary N) is 1. The number of oxime groups is 1. The van der Waals surface area contributed by atoms with E-state index in [4.69, 9.17) is 10.6 Å². The maximum atomic E-state index is 12.9. The average Bonchev–Trinajstić information content (AvgIpc) is 3.28. The number of thioether (sulfide) groups is 2. The number of aliphatic carboxylic acids is 1. The fourth-order valence-corrected chi connectivity index (χ4v) is 6.90. The van der Waals surface area contributed by atoms with Gasteiger partial charge in [-0.1, -0.05) is 17.3 Å². The van der Waals surface area contributed by atoms with Crippen molar-refractivity contribution >= 4 is 63.7 Å². The van der Waals surface area contributed by atoms with Crippen molar-refractivity contribution in [3.63, 3.8) is 0 Å². The molecule has 1 aromatic rings. The SMILES string of the molecule is CCON=C(C(=O)NC1C(=O)N2CC(C=CSC3=CCCN(C)C3)(C(=O)O)CS[C@H]12)c1nsc(N)n1. The van der Waals surface area contributed by atoms with Crippen molar-refractivity contribution in [3.8, 4) is 0 Å². The Balaban J connectivity index is 1.41. The zero-order valence-corrected chi connectivity index (χ0v) is 22.2. The Hall–Kier alpha value is -2.62. The molecule has 2 saturated heterocycles. The number of likely N-dealkylation sites (N-methyl/N-ethyl adjacent to an activating group) is 1. The second-order valence-electron chi connectivity index (χ2n) is 8.51. The number of anilines is 1. The summed E-state index contributed by atoms with van der Waals surface area (Å²) in [6.07, 6.45) is 4.81. The topological polar surface area (TPSA) is 163 Å². The van der Waals surface area contributed by atoms with Crippen molar-refractivity contribution < 1.29 is 24.3 Å². The van der Waals surface area contributed by atoms with Gasteiger partial charge in [-0.25, -0.2) is 0 Å². The molecule has 3 atom stereocenters. The zero-order chi connectivity index (χ0) is 25.9. The number of nitrogens with zero attached hydrogens (tertiary/aromatic N) is 5.